The zero-order chi connectivity index (χ0) is 14.1. The van der Waals surface area contributed by atoms with Gasteiger partial charge >= 0.3 is 0 Å². The zero-order valence-corrected chi connectivity index (χ0v) is 12.1. The van der Waals surface area contributed by atoms with Crippen LogP contribution in [0.4, 0.5) is 0 Å². The summed E-state index contributed by atoms with van der Waals surface area (Å²) in [5.41, 5.74) is 5.91. The molecule has 0 radical (unpaired) electrons. The highest BCUT2D eigenvalue weighted by Crippen LogP contribution is 2.21. The van der Waals surface area contributed by atoms with E-state index >= 15 is 0 Å². The summed E-state index contributed by atoms with van der Waals surface area (Å²) in [7, 11) is 0. The molecule has 0 fully saturated rings. The Balaban J connectivity index is 1.69. The van der Waals surface area contributed by atoms with Crippen LogP contribution in [-0.4, -0.2) is 33.3 Å². The van der Waals surface area contributed by atoms with Gasteiger partial charge in [0.05, 0.1) is 12.3 Å². The van der Waals surface area contributed by atoms with Crippen molar-refractivity contribution in [3.05, 3.63) is 52.3 Å². The van der Waals surface area contributed by atoms with Gasteiger partial charge in [-0.05, 0) is 19.4 Å². The van der Waals surface area contributed by atoms with Crippen molar-refractivity contribution in [3.8, 4) is 0 Å². The lowest BCUT2D eigenvalue weighted by molar-refractivity contribution is 0.106. The van der Waals surface area contributed by atoms with Crippen LogP contribution in [0.1, 0.15) is 34.1 Å². The van der Waals surface area contributed by atoms with Crippen molar-refractivity contribution in [3.63, 3.8) is 0 Å². The second-order valence-corrected chi connectivity index (χ2v) is 5.80. The maximum absolute atomic E-state index is 10.5. The van der Waals surface area contributed by atoms with Gasteiger partial charge in [-0.15, -0.1) is 0 Å². The number of aromatic nitrogens is 2. The number of fused-ring (bicyclic) bond motifs is 1. The lowest BCUT2D eigenvalue weighted by Crippen LogP contribution is -2.33. The Morgan fingerprint density at radius 1 is 1.30 bits per heavy atom. The first-order chi connectivity index (χ1) is 9.61. The summed E-state index contributed by atoms with van der Waals surface area (Å²) in [5, 5.41) is 17.6. The fourth-order valence-corrected chi connectivity index (χ4v) is 2.99. The molecule has 1 aliphatic heterocycles. The number of aromatic amines is 1. The summed E-state index contributed by atoms with van der Waals surface area (Å²) >= 11 is 0. The molecule has 4 nitrogen and oxygen atoms in total. The number of benzene rings is 1. The van der Waals surface area contributed by atoms with Crippen LogP contribution in [0.15, 0.2) is 24.4 Å². The Morgan fingerprint density at radius 3 is 2.80 bits per heavy atom. The van der Waals surface area contributed by atoms with Crippen molar-refractivity contribution in [2.45, 2.75) is 32.9 Å². The van der Waals surface area contributed by atoms with E-state index in [1.165, 1.54) is 22.4 Å². The lowest BCUT2D eigenvalue weighted by Gasteiger charge is -2.28. The van der Waals surface area contributed by atoms with Crippen LogP contribution >= 0.6 is 0 Å². The van der Waals surface area contributed by atoms with Crippen LogP contribution in [0.25, 0.3) is 0 Å². The topological polar surface area (TPSA) is 52.1 Å². The third-order valence-electron chi connectivity index (χ3n) is 3.94. The molecule has 0 spiro atoms. The van der Waals surface area contributed by atoms with Gasteiger partial charge in [0.15, 0.2) is 0 Å². The van der Waals surface area contributed by atoms with Gasteiger partial charge in [0.25, 0.3) is 0 Å². The largest absolute Gasteiger partial charge is 0.387 e. The summed E-state index contributed by atoms with van der Waals surface area (Å²) in [5.74, 6) is 0. The lowest BCUT2D eigenvalue weighted by atomic mass is 10.0. The number of rotatable bonds is 3. The molecule has 0 bridgehead atoms. The normalized spacial score (nSPS) is 16.9. The standard InChI is InChI=1S/C16H21N3O/c1-11-5-12(2)7-13(6-11)16(20)10-19-4-3-15-14(9-19)8-17-18-15/h5-8,16,20H,3-4,9-10H2,1-2H3,(H,17,18). The van der Waals surface area contributed by atoms with E-state index in [9.17, 15) is 5.11 Å². The molecule has 1 unspecified atom stereocenters. The van der Waals surface area contributed by atoms with Crippen molar-refractivity contribution in [2.24, 2.45) is 0 Å². The van der Waals surface area contributed by atoms with E-state index in [4.69, 9.17) is 0 Å². The Hall–Kier alpha value is -1.65. The predicted molar refractivity (Wildman–Crippen MR) is 78.4 cm³/mol. The van der Waals surface area contributed by atoms with E-state index in [1.807, 2.05) is 6.20 Å². The summed E-state index contributed by atoms with van der Waals surface area (Å²) < 4.78 is 0. The van der Waals surface area contributed by atoms with Crippen molar-refractivity contribution >= 4 is 0 Å². The maximum atomic E-state index is 10.5. The molecular formula is C16H21N3O. The highest BCUT2D eigenvalue weighted by atomic mass is 16.3. The van der Waals surface area contributed by atoms with Crippen LogP contribution in [-0.2, 0) is 13.0 Å². The minimum Gasteiger partial charge on any atom is -0.387 e. The number of nitrogens with one attached hydrogen (secondary N) is 1. The Morgan fingerprint density at radius 2 is 2.05 bits per heavy atom. The molecule has 1 aliphatic rings. The van der Waals surface area contributed by atoms with E-state index in [1.54, 1.807) is 0 Å². The molecule has 0 saturated heterocycles. The molecule has 3 rings (SSSR count). The molecular weight excluding hydrogens is 250 g/mol. The maximum Gasteiger partial charge on any atom is 0.0917 e. The minimum absolute atomic E-state index is 0.429. The summed E-state index contributed by atoms with van der Waals surface area (Å²) in [6, 6.07) is 6.28. The van der Waals surface area contributed by atoms with Gasteiger partial charge in [0.1, 0.15) is 0 Å². The molecule has 0 aliphatic carbocycles. The molecule has 4 heteroatoms. The first-order valence-corrected chi connectivity index (χ1v) is 7.11. The van der Waals surface area contributed by atoms with E-state index in [0.29, 0.717) is 6.54 Å². The number of aryl methyl sites for hydroxylation is 2. The molecule has 1 atom stereocenters. The number of aliphatic hydroxyl groups is 1. The molecule has 1 aromatic carbocycles. The number of hydrogen-bond donors (Lipinski definition) is 2. The zero-order valence-electron chi connectivity index (χ0n) is 12.1. The first-order valence-electron chi connectivity index (χ1n) is 7.11. The van der Waals surface area contributed by atoms with Gasteiger partial charge in [-0.3, -0.25) is 10.00 Å². The summed E-state index contributed by atoms with van der Waals surface area (Å²) in [4.78, 5) is 2.29. The second kappa shape index (κ2) is 5.38. The predicted octanol–water partition coefficient (Wildman–Crippen LogP) is 2.12. The van der Waals surface area contributed by atoms with Crippen molar-refractivity contribution in [1.29, 1.82) is 0 Å². The molecule has 0 saturated carbocycles. The summed E-state index contributed by atoms with van der Waals surface area (Å²) in [6.07, 6.45) is 2.45. The van der Waals surface area contributed by atoms with E-state index in [0.717, 1.165) is 25.1 Å². The Bertz CT molecular complexity index is 585. The quantitative estimate of drug-likeness (QED) is 0.899. The second-order valence-electron chi connectivity index (χ2n) is 5.80. The van der Waals surface area contributed by atoms with Crippen molar-refractivity contribution < 1.29 is 5.11 Å². The molecule has 2 N–H and O–H groups in total. The molecule has 106 valence electrons. The fraction of sp³-hybridized carbons (Fsp3) is 0.438. The van der Waals surface area contributed by atoms with Crippen LogP contribution in [0, 0.1) is 13.8 Å². The third-order valence-corrected chi connectivity index (χ3v) is 3.94. The van der Waals surface area contributed by atoms with E-state index in [-0.39, 0.29) is 0 Å². The monoisotopic (exact) mass is 271 g/mol. The van der Waals surface area contributed by atoms with Gasteiger partial charge in [-0.2, -0.15) is 5.10 Å². The van der Waals surface area contributed by atoms with Crippen LogP contribution in [0.3, 0.4) is 0 Å². The SMILES string of the molecule is Cc1cc(C)cc(C(O)CN2CCc3[nH]ncc3C2)c1. The average Bonchev–Trinajstić information content (AvgIpc) is 2.85. The van der Waals surface area contributed by atoms with Gasteiger partial charge < -0.3 is 5.11 Å². The molecule has 0 amide bonds. The summed E-state index contributed by atoms with van der Waals surface area (Å²) in [6.45, 7) is 6.65. The van der Waals surface area contributed by atoms with Crippen LogP contribution in [0.2, 0.25) is 0 Å². The average molecular weight is 271 g/mol. The van der Waals surface area contributed by atoms with Crippen molar-refractivity contribution in [1.82, 2.24) is 15.1 Å². The molecule has 20 heavy (non-hydrogen) atoms. The van der Waals surface area contributed by atoms with Gasteiger partial charge in [0.2, 0.25) is 0 Å². The molecule has 2 aromatic rings. The molecule has 1 aromatic heterocycles. The Labute approximate surface area is 119 Å². The number of aliphatic hydroxyl groups excluding tert-OH is 1. The highest BCUT2D eigenvalue weighted by molar-refractivity contribution is 5.30. The first kappa shape index (κ1) is 13.3. The number of hydrogen-bond acceptors (Lipinski definition) is 3. The number of β-amino-alcohol motifs (C(OH)–C–C–N with tert-alkyl or cyclic N) is 1. The fourth-order valence-electron chi connectivity index (χ4n) is 2.99. The third kappa shape index (κ3) is 2.76. The minimum atomic E-state index is -0.429. The van der Waals surface area contributed by atoms with Crippen LogP contribution < -0.4 is 0 Å². The van der Waals surface area contributed by atoms with E-state index in [2.05, 4.69) is 47.1 Å². The number of nitrogens with zero attached hydrogens (tertiary/aromatic N) is 2. The van der Waals surface area contributed by atoms with Gasteiger partial charge in [0, 0.05) is 37.3 Å². The smallest absolute Gasteiger partial charge is 0.0917 e. The Kier molecular flexibility index (Phi) is 3.59. The van der Waals surface area contributed by atoms with Gasteiger partial charge in [-0.1, -0.05) is 29.3 Å². The number of H-pyrrole nitrogens is 1. The molecule has 2 heterocycles. The van der Waals surface area contributed by atoms with Crippen molar-refractivity contribution in [2.75, 3.05) is 13.1 Å². The van der Waals surface area contributed by atoms with Gasteiger partial charge in [-0.25, -0.2) is 0 Å². The van der Waals surface area contributed by atoms with Crippen LogP contribution in [0.5, 0.6) is 0 Å². The van der Waals surface area contributed by atoms with E-state index < -0.39 is 6.10 Å². The highest BCUT2D eigenvalue weighted by Gasteiger charge is 2.20.